The fourth-order valence-corrected chi connectivity index (χ4v) is 2.92. The molecule has 3 aromatic carbocycles. The molecule has 0 saturated heterocycles. The fraction of sp³-hybridized carbons (Fsp3) is 0.167. The Hall–Kier alpha value is -3.81. The van der Waals surface area contributed by atoms with Gasteiger partial charge in [-0.2, -0.15) is 13.2 Å². The topological polar surface area (TPSA) is 67.4 Å². The molecule has 3 aromatic rings. The van der Waals surface area contributed by atoms with Crippen molar-refractivity contribution in [3.63, 3.8) is 0 Å². The highest BCUT2D eigenvalue weighted by Gasteiger charge is 2.30. The molecule has 0 fully saturated rings. The third-order valence-corrected chi connectivity index (χ3v) is 4.56. The standard InChI is InChI=1S/C24H21F3N2O3/c1-15-9-10-16(2)21(11-15)32-14-22(30)28-19-7-3-5-17(12-19)23(31)29-20-8-4-6-18(13-20)24(25,26)27/h3-13H,14H2,1-2H3,(H,28,30)(H,29,31). The van der Waals surface area contributed by atoms with Gasteiger partial charge in [-0.1, -0.05) is 24.3 Å². The van der Waals surface area contributed by atoms with Gasteiger partial charge in [-0.25, -0.2) is 0 Å². The van der Waals surface area contributed by atoms with Crippen LogP contribution in [0.5, 0.6) is 5.75 Å². The summed E-state index contributed by atoms with van der Waals surface area (Å²) in [5, 5.41) is 5.07. The van der Waals surface area contributed by atoms with Crippen molar-refractivity contribution >= 4 is 23.2 Å². The van der Waals surface area contributed by atoms with Gasteiger partial charge in [0.25, 0.3) is 11.8 Å². The first kappa shape index (κ1) is 22.9. The monoisotopic (exact) mass is 442 g/mol. The summed E-state index contributed by atoms with van der Waals surface area (Å²) >= 11 is 0. The van der Waals surface area contributed by atoms with Crippen LogP contribution in [0.3, 0.4) is 0 Å². The zero-order valence-corrected chi connectivity index (χ0v) is 17.4. The minimum Gasteiger partial charge on any atom is -0.483 e. The van der Waals surface area contributed by atoms with Crippen molar-refractivity contribution in [1.82, 2.24) is 0 Å². The molecule has 0 aliphatic rings. The zero-order chi connectivity index (χ0) is 23.3. The number of nitrogens with one attached hydrogen (secondary N) is 2. The van der Waals surface area contributed by atoms with Gasteiger partial charge >= 0.3 is 6.18 Å². The molecule has 32 heavy (non-hydrogen) atoms. The highest BCUT2D eigenvalue weighted by molar-refractivity contribution is 6.05. The third-order valence-electron chi connectivity index (χ3n) is 4.56. The number of halogens is 3. The summed E-state index contributed by atoms with van der Waals surface area (Å²) < 4.78 is 44.1. The molecule has 0 saturated carbocycles. The van der Waals surface area contributed by atoms with E-state index in [1.54, 1.807) is 12.1 Å². The van der Waals surface area contributed by atoms with E-state index >= 15 is 0 Å². The molecule has 0 aromatic heterocycles. The molecule has 166 valence electrons. The summed E-state index contributed by atoms with van der Waals surface area (Å²) in [5.41, 5.74) is 1.59. The molecule has 8 heteroatoms. The number of hydrogen-bond donors (Lipinski definition) is 2. The molecule has 5 nitrogen and oxygen atoms in total. The first-order chi connectivity index (χ1) is 15.1. The largest absolute Gasteiger partial charge is 0.483 e. The summed E-state index contributed by atoms with van der Waals surface area (Å²) in [6, 6.07) is 16.1. The van der Waals surface area contributed by atoms with E-state index in [-0.39, 0.29) is 17.9 Å². The maximum absolute atomic E-state index is 12.9. The van der Waals surface area contributed by atoms with Crippen molar-refractivity contribution in [3.8, 4) is 5.75 Å². The molecule has 2 N–H and O–H groups in total. The van der Waals surface area contributed by atoms with Gasteiger partial charge in [-0.05, 0) is 67.4 Å². The Labute approximate surface area is 183 Å². The predicted octanol–water partition coefficient (Wildman–Crippen LogP) is 5.59. The maximum Gasteiger partial charge on any atom is 0.416 e. The lowest BCUT2D eigenvalue weighted by molar-refractivity contribution is -0.137. The number of anilines is 2. The van der Waals surface area contributed by atoms with Crippen molar-refractivity contribution in [1.29, 1.82) is 0 Å². The van der Waals surface area contributed by atoms with Gasteiger partial charge in [-0.3, -0.25) is 9.59 Å². The second-order valence-electron chi connectivity index (χ2n) is 7.22. The fourth-order valence-electron chi connectivity index (χ4n) is 2.92. The number of aryl methyl sites for hydroxylation is 2. The van der Waals surface area contributed by atoms with E-state index in [1.807, 2.05) is 32.0 Å². The molecule has 0 spiro atoms. The Kier molecular flexibility index (Phi) is 6.82. The van der Waals surface area contributed by atoms with E-state index in [0.717, 1.165) is 23.3 Å². The number of carbonyl (C=O) groups is 2. The Morgan fingerprint density at radius 1 is 0.875 bits per heavy atom. The number of amides is 2. The van der Waals surface area contributed by atoms with Crippen molar-refractivity contribution in [2.24, 2.45) is 0 Å². The van der Waals surface area contributed by atoms with Crippen LogP contribution in [-0.4, -0.2) is 18.4 Å². The maximum atomic E-state index is 12.9. The average molecular weight is 442 g/mol. The van der Waals surface area contributed by atoms with Crippen LogP contribution < -0.4 is 15.4 Å². The molecule has 3 rings (SSSR count). The van der Waals surface area contributed by atoms with E-state index in [4.69, 9.17) is 4.74 Å². The van der Waals surface area contributed by atoms with Crippen LogP contribution >= 0.6 is 0 Å². The normalized spacial score (nSPS) is 11.0. The number of hydrogen-bond acceptors (Lipinski definition) is 3. The molecule has 0 aliphatic heterocycles. The van der Waals surface area contributed by atoms with Crippen LogP contribution in [0.2, 0.25) is 0 Å². The lowest BCUT2D eigenvalue weighted by Gasteiger charge is -2.12. The molecule has 2 amide bonds. The molecular formula is C24H21F3N2O3. The quantitative estimate of drug-likeness (QED) is 0.523. The molecular weight excluding hydrogens is 421 g/mol. The Bertz CT molecular complexity index is 1140. The lowest BCUT2D eigenvalue weighted by atomic mass is 10.1. The van der Waals surface area contributed by atoms with Gasteiger partial charge in [0.15, 0.2) is 6.61 Å². The van der Waals surface area contributed by atoms with Crippen LogP contribution in [0.1, 0.15) is 27.0 Å². The van der Waals surface area contributed by atoms with Crippen molar-refractivity contribution < 1.29 is 27.5 Å². The number of alkyl halides is 3. The zero-order valence-electron chi connectivity index (χ0n) is 17.4. The van der Waals surface area contributed by atoms with E-state index in [9.17, 15) is 22.8 Å². The summed E-state index contributed by atoms with van der Waals surface area (Å²) in [5.74, 6) is -0.414. The second kappa shape index (κ2) is 9.55. The van der Waals surface area contributed by atoms with Gasteiger partial charge in [-0.15, -0.1) is 0 Å². The van der Waals surface area contributed by atoms with Crippen LogP contribution in [-0.2, 0) is 11.0 Å². The molecule has 0 bridgehead atoms. The van der Waals surface area contributed by atoms with E-state index < -0.39 is 23.6 Å². The molecule has 0 radical (unpaired) electrons. The first-order valence-corrected chi connectivity index (χ1v) is 9.70. The molecule has 0 unspecified atom stereocenters. The second-order valence-corrected chi connectivity index (χ2v) is 7.22. The van der Waals surface area contributed by atoms with E-state index in [2.05, 4.69) is 10.6 Å². The van der Waals surface area contributed by atoms with Crippen molar-refractivity contribution in [2.45, 2.75) is 20.0 Å². The number of ether oxygens (including phenoxy) is 1. The van der Waals surface area contributed by atoms with Gasteiger partial charge < -0.3 is 15.4 Å². The van der Waals surface area contributed by atoms with Gasteiger partial charge in [0.05, 0.1) is 5.56 Å². The van der Waals surface area contributed by atoms with Gasteiger partial charge in [0, 0.05) is 16.9 Å². The highest BCUT2D eigenvalue weighted by Crippen LogP contribution is 2.30. The Balaban J connectivity index is 1.63. The smallest absolute Gasteiger partial charge is 0.416 e. The van der Waals surface area contributed by atoms with Crippen molar-refractivity contribution in [2.75, 3.05) is 17.2 Å². The average Bonchev–Trinajstić information content (AvgIpc) is 2.74. The SMILES string of the molecule is Cc1ccc(C)c(OCC(=O)Nc2cccc(C(=O)Nc3cccc(C(F)(F)F)c3)c2)c1. The third kappa shape index (κ3) is 6.10. The van der Waals surface area contributed by atoms with Gasteiger partial charge in [0.2, 0.25) is 0 Å². The first-order valence-electron chi connectivity index (χ1n) is 9.70. The summed E-state index contributed by atoms with van der Waals surface area (Å²) in [6.45, 7) is 3.58. The van der Waals surface area contributed by atoms with E-state index in [1.165, 1.54) is 24.3 Å². The van der Waals surface area contributed by atoms with Crippen LogP contribution in [0.25, 0.3) is 0 Å². The number of rotatable bonds is 6. The van der Waals surface area contributed by atoms with Crippen LogP contribution in [0, 0.1) is 13.8 Å². The minimum absolute atomic E-state index is 0.0150. The van der Waals surface area contributed by atoms with Crippen LogP contribution in [0.4, 0.5) is 24.5 Å². The number of benzene rings is 3. The summed E-state index contributed by atoms with van der Waals surface area (Å²) in [7, 11) is 0. The summed E-state index contributed by atoms with van der Waals surface area (Å²) in [4.78, 5) is 24.7. The minimum atomic E-state index is -4.51. The van der Waals surface area contributed by atoms with Crippen LogP contribution in [0.15, 0.2) is 66.7 Å². The Morgan fingerprint density at radius 3 is 2.28 bits per heavy atom. The van der Waals surface area contributed by atoms with Gasteiger partial charge in [0.1, 0.15) is 5.75 Å². The Morgan fingerprint density at radius 2 is 1.56 bits per heavy atom. The molecule has 0 aliphatic carbocycles. The summed E-state index contributed by atoms with van der Waals surface area (Å²) in [6.07, 6.45) is -4.51. The molecule has 0 atom stereocenters. The van der Waals surface area contributed by atoms with Crippen molar-refractivity contribution in [3.05, 3.63) is 89.0 Å². The molecule has 0 heterocycles. The number of carbonyl (C=O) groups excluding carboxylic acids is 2. The van der Waals surface area contributed by atoms with E-state index in [0.29, 0.717) is 11.4 Å². The highest BCUT2D eigenvalue weighted by atomic mass is 19.4. The lowest BCUT2D eigenvalue weighted by Crippen LogP contribution is -2.21. The predicted molar refractivity (Wildman–Crippen MR) is 116 cm³/mol.